The van der Waals surface area contributed by atoms with Crippen LogP contribution in [0.2, 0.25) is 0 Å². The van der Waals surface area contributed by atoms with E-state index in [0.29, 0.717) is 46.5 Å². The maximum atomic E-state index is 12.4. The van der Waals surface area contributed by atoms with Crippen molar-refractivity contribution >= 4 is 24.2 Å². The molecule has 4 N–H and O–H groups in total. The molecule has 13 nitrogen and oxygen atoms in total. The molecule has 2 aromatic carbocycles. The molecule has 0 bridgehead atoms. The highest BCUT2D eigenvalue weighted by Gasteiger charge is 2.32. The summed E-state index contributed by atoms with van der Waals surface area (Å²) in [7, 11) is 2.60. The number of carbonyl (C=O) groups excluding carboxylic acids is 3. The Morgan fingerprint density at radius 2 is 1.84 bits per heavy atom. The standard InChI is InChI=1S/C31H34N4O9/c1-6-42-25-14-19(28-27(30(38)41-5)18(3)33-31(39)34-28)10-12-24(25)43-16-26(36)35-32-15-20-11-13-23(44-20)21-8-7-9-22(17(21)2)29(37)40-4/h7-15,26,28,35-36H,6,16H2,1-5H3,(H2,33,34,39)/b32-15-/t26-,28+/m1/s1. The quantitative estimate of drug-likeness (QED) is 0.103. The van der Waals surface area contributed by atoms with Crippen molar-refractivity contribution in [2.45, 2.75) is 33.0 Å². The zero-order chi connectivity index (χ0) is 31.8. The van der Waals surface area contributed by atoms with Crippen molar-refractivity contribution in [1.29, 1.82) is 0 Å². The van der Waals surface area contributed by atoms with Gasteiger partial charge >= 0.3 is 18.0 Å². The number of rotatable bonds is 12. The highest BCUT2D eigenvalue weighted by Crippen LogP contribution is 2.35. The van der Waals surface area contributed by atoms with E-state index in [1.165, 1.54) is 20.4 Å². The van der Waals surface area contributed by atoms with Crippen LogP contribution in [0, 0.1) is 6.92 Å². The van der Waals surface area contributed by atoms with Crippen LogP contribution in [0.1, 0.15) is 47.1 Å². The number of amides is 2. The fourth-order valence-electron chi connectivity index (χ4n) is 4.61. The molecule has 0 fully saturated rings. The summed E-state index contributed by atoms with van der Waals surface area (Å²) in [6.45, 7) is 5.36. The molecule has 0 aliphatic carbocycles. The fourth-order valence-corrected chi connectivity index (χ4v) is 4.61. The first-order chi connectivity index (χ1) is 21.2. The van der Waals surface area contributed by atoms with E-state index >= 15 is 0 Å². The summed E-state index contributed by atoms with van der Waals surface area (Å²) >= 11 is 0. The number of urea groups is 1. The van der Waals surface area contributed by atoms with Crippen LogP contribution in [0.15, 0.2) is 69.3 Å². The molecule has 3 aromatic rings. The molecule has 0 unspecified atom stereocenters. The van der Waals surface area contributed by atoms with E-state index in [1.54, 1.807) is 56.3 Å². The number of hydrogen-bond acceptors (Lipinski definition) is 11. The number of hydrazone groups is 1. The molecule has 1 aromatic heterocycles. The average molecular weight is 607 g/mol. The van der Waals surface area contributed by atoms with Crippen LogP contribution in [0.3, 0.4) is 0 Å². The topological polar surface area (TPSA) is 170 Å². The minimum absolute atomic E-state index is 0.184. The van der Waals surface area contributed by atoms with Crippen molar-refractivity contribution < 1.29 is 42.9 Å². The third-order valence-electron chi connectivity index (χ3n) is 6.72. The summed E-state index contributed by atoms with van der Waals surface area (Å²) in [5, 5.41) is 19.7. The monoisotopic (exact) mass is 606 g/mol. The number of aliphatic hydroxyl groups is 1. The van der Waals surface area contributed by atoms with Gasteiger partial charge in [-0.25, -0.2) is 14.4 Å². The number of ether oxygens (including phenoxy) is 4. The van der Waals surface area contributed by atoms with Crippen LogP contribution >= 0.6 is 0 Å². The Morgan fingerprint density at radius 3 is 2.57 bits per heavy atom. The SMILES string of the molecule is CCOc1cc([C@@H]2NC(=O)NC(C)=C2C(=O)OC)ccc1OC[C@@H](O)N/N=C\c1ccc(-c2cccc(C(=O)OC)c2C)o1. The summed E-state index contributed by atoms with van der Waals surface area (Å²) in [5.74, 6) is 0.628. The van der Waals surface area contributed by atoms with E-state index < -0.39 is 30.2 Å². The lowest BCUT2D eigenvalue weighted by Crippen LogP contribution is -2.45. The Hall–Kier alpha value is -5.30. The molecule has 4 rings (SSSR count). The fraction of sp³-hybridized carbons (Fsp3) is 0.290. The second kappa shape index (κ2) is 14.2. The largest absolute Gasteiger partial charge is 0.490 e. The van der Waals surface area contributed by atoms with Gasteiger partial charge in [0.1, 0.15) is 18.1 Å². The number of benzene rings is 2. The lowest BCUT2D eigenvalue weighted by atomic mass is 9.95. The highest BCUT2D eigenvalue weighted by atomic mass is 16.5. The average Bonchev–Trinajstić information content (AvgIpc) is 3.48. The molecule has 232 valence electrons. The minimum atomic E-state index is -1.19. The molecule has 0 spiro atoms. The third kappa shape index (κ3) is 7.18. The van der Waals surface area contributed by atoms with Crippen LogP contribution in [0.25, 0.3) is 11.3 Å². The van der Waals surface area contributed by atoms with E-state index in [9.17, 15) is 19.5 Å². The van der Waals surface area contributed by atoms with Crippen LogP contribution in [0.5, 0.6) is 11.5 Å². The summed E-state index contributed by atoms with van der Waals surface area (Å²) in [6.07, 6.45) is 0.211. The van der Waals surface area contributed by atoms with Gasteiger partial charge in [0.05, 0.1) is 44.2 Å². The molecule has 0 radical (unpaired) electrons. The molecule has 44 heavy (non-hydrogen) atoms. The second-order valence-corrected chi connectivity index (χ2v) is 9.59. The maximum absolute atomic E-state index is 12.4. The third-order valence-corrected chi connectivity index (χ3v) is 6.72. The number of furan rings is 1. The molecule has 1 aliphatic heterocycles. The Bertz CT molecular complexity index is 1590. The molecule has 2 heterocycles. The Kier molecular flexibility index (Phi) is 10.2. The Labute approximate surface area is 253 Å². The molecule has 0 saturated carbocycles. The number of carbonyl (C=O) groups is 3. The van der Waals surface area contributed by atoms with Gasteiger partial charge in [-0.15, -0.1) is 0 Å². The van der Waals surface area contributed by atoms with Crippen LogP contribution < -0.4 is 25.5 Å². The second-order valence-electron chi connectivity index (χ2n) is 9.59. The van der Waals surface area contributed by atoms with E-state index in [4.69, 9.17) is 23.4 Å². The zero-order valence-electron chi connectivity index (χ0n) is 24.9. The van der Waals surface area contributed by atoms with Gasteiger partial charge in [-0.2, -0.15) is 5.10 Å². The summed E-state index contributed by atoms with van der Waals surface area (Å²) in [6, 6.07) is 12.5. The number of hydrogen-bond donors (Lipinski definition) is 4. The van der Waals surface area contributed by atoms with Gasteiger partial charge in [0.2, 0.25) is 0 Å². The number of methoxy groups -OCH3 is 2. The Morgan fingerprint density at radius 1 is 1.07 bits per heavy atom. The normalized spacial score (nSPS) is 15.3. The molecular weight excluding hydrogens is 572 g/mol. The van der Waals surface area contributed by atoms with Gasteiger partial charge in [0.15, 0.2) is 17.7 Å². The number of nitrogens with one attached hydrogen (secondary N) is 3. The number of esters is 2. The van der Waals surface area contributed by atoms with Gasteiger partial charge in [0, 0.05) is 11.3 Å². The smallest absolute Gasteiger partial charge is 0.338 e. The van der Waals surface area contributed by atoms with Crippen molar-refractivity contribution in [3.8, 4) is 22.8 Å². The Balaban J connectivity index is 1.40. The highest BCUT2D eigenvalue weighted by molar-refractivity contribution is 5.95. The number of nitrogens with zero attached hydrogens (tertiary/aromatic N) is 1. The van der Waals surface area contributed by atoms with Gasteiger partial charge < -0.3 is 39.1 Å². The van der Waals surface area contributed by atoms with E-state index in [0.717, 1.165) is 11.1 Å². The molecule has 2 amide bonds. The minimum Gasteiger partial charge on any atom is -0.490 e. The van der Waals surface area contributed by atoms with Crippen LogP contribution in [-0.4, -0.2) is 63.0 Å². The summed E-state index contributed by atoms with van der Waals surface area (Å²) in [4.78, 5) is 36.6. The van der Waals surface area contributed by atoms with Crippen molar-refractivity contribution in [2.24, 2.45) is 5.10 Å². The lowest BCUT2D eigenvalue weighted by Gasteiger charge is -2.28. The summed E-state index contributed by atoms with van der Waals surface area (Å²) < 4.78 is 27.1. The first-order valence-corrected chi connectivity index (χ1v) is 13.7. The zero-order valence-corrected chi connectivity index (χ0v) is 24.9. The predicted octanol–water partition coefficient (Wildman–Crippen LogP) is 3.56. The van der Waals surface area contributed by atoms with Crippen molar-refractivity contribution in [3.05, 3.63) is 82.3 Å². The maximum Gasteiger partial charge on any atom is 0.338 e. The molecule has 13 heteroatoms. The van der Waals surface area contributed by atoms with Gasteiger partial charge in [-0.1, -0.05) is 18.2 Å². The van der Waals surface area contributed by atoms with Gasteiger partial charge in [-0.05, 0) is 62.2 Å². The van der Waals surface area contributed by atoms with Crippen LogP contribution in [0.4, 0.5) is 4.79 Å². The van der Waals surface area contributed by atoms with E-state index in [1.807, 2.05) is 13.0 Å². The van der Waals surface area contributed by atoms with Crippen molar-refractivity contribution in [3.63, 3.8) is 0 Å². The van der Waals surface area contributed by atoms with Crippen molar-refractivity contribution in [2.75, 3.05) is 27.4 Å². The molecule has 0 saturated heterocycles. The summed E-state index contributed by atoms with van der Waals surface area (Å²) in [5.41, 5.74) is 5.68. The first kappa shape index (κ1) is 31.6. The first-order valence-electron chi connectivity index (χ1n) is 13.7. The number of aliphatic hydroxyl groups excluding tert-OH is 1. The predicted molar refractivity (Wildman–Crippen MR) is 159 cm³/mol. The molecular formula is C31H34N4O9. The van der Waals surface area contributed by atoms with E-state index in [-0.39, 0.29) is 12.2 Å². The van der Waals surface area contributed by atoms with Crippen molar-refractivity contribution in [1.82, 2.24) is 16.1 Å². The van der Waals surface area contributed by atoms with Gasteiger partial charge in [-0.3, -0.25) is 5.43 Å². The molecule has 1 aliphatic rings. The van der Waals surface area contributed by atoms with E-state index in [2.05, 4.69) is 21.2 Å². The lowest BCUT2D eigenvalue weighted by molar-refractivity contribution is -0.136. The molecule has 2 atom stereocenters. The number of allylic oxidation sites excluding steroid dienone is 1. The van der Waals surface area contributed by atoms with Gasteiger partial charge in [0.25, 0.3) is 0 Å². The van der Waals surface area contributed by atoms with Crippen LogP contribution in [-0.2, 0) is 14.3 Å².